The van der Waals surface area contributed by atoms with Gasteiger partial charge in [0.25, 0.3) is 0 Å². The summed E-state index contributed by atoms with van der Waals surface area (Å²) in [4.78, 5) is 0. The summed E-state index contributed by atoms with van der Waals surface area (Å²) in [7, 11) is 0. The van der Waals surface area contributed by atoms with Crippen LogP contribution in [0.2, 0.25) is 0 Å². The molecule has 5 heavy (non-hydrogen) atoms. The molecule has 0 aromatic rings. The van der Waals surface area contributed by atoms with Crippen LogP contribution in [-0.4, -0.2) is 18.3 Å². The van der Waals surface area contributed by atoms with Crippen LogP contribution in [0.3, 0.4) is 0 Å². The second-order valence-corrected chi connectivity index (χ2v) is 0.428. The summed E-state index contributed by atoms with van der Waals surface area (Å²) in [5.41, 5.74) is 0. The maximum atomic E-state index is 9.05. The van der Waals surface area contributed by atoms with Gasteiger partial charge in [0.1, 0.15) is 0 Å². The van der Waals surface area contributed by atoms with Crippen LogP contribution in [0, 0.1) is 0 Å². The Kier molecular flexibility index (Phi) is 18.2. The molecular weight excluding hydrogens is 141 g/mol. The molecule has 0 heterocycles. The Morgan fingerprint density at radius 2 is 1.80 bits per heavy atom. The van der Waals surface area contributed by atoms with Crippen molar-refractivity contribution in [3.05, 3.63) is 0 Å². The van der Waals surface area contributed by atoms with Crippen molar-refractivity contribution < 1.29 is 68.4 Å². The molecule has 0 fully saturated rings. The summed E-state index contributed by atoms with van der Waals surface area (Å²) < 4.78 is 0. The Labute approximate surface area is 80.0 Å². The minimum atomic E-state index is -0.375. The topological polar surface area (TPSA) is 43.3 Å². The van der Waals surface area contributed by atoms with Gasteiger partial charge in [-0.25, -0.2) is 0 Å². The molecule has 0 radical (unpaired) electrons. The van der Waals surface area contributed by atoms with Crippen LogP contribution in [0.5, 0.6) is 0 Å². The van der Waals surface area contributed by atoms with Crippen molar-refractivity contribution in [2.75, 3.05) is 13.2 Å². The van der Waals surface area contributed by atoms with Crippen molar-refractivity contribution in [3.63, 3.8) is 0 Å². The van der Waals surface area contributed by atoms with Gasteiger partial charge in [0.2, 0.25) is 0 Å². The van der Waals surface area contributed by atoms with Crippen molar-refractivity contribution in [2.24, 2.45) is 0 Å². The van der Waals surface area contributed by atoms with E-state index < -0.39 is 0 Å². The molecule has 0 aliphatic heterocycles. The zero-order valence-corrected chi connectivity index (χ0v) is 8.19. The van der Waals surface area contributed by atoms with Crippen molar-refractivity contribution in [1.29, 1.82) is 0 Å². The molecule has 0 rings (SSSR count). The first-order valence-electron chi connectivity index (χ1n) is 1.10. The molecule has 0 saturated heterocycles. The minimum Gasteiger partial charge on any atom is -0.853 e. The Balaban J connectivity index is 0. The van der Waals surface area contributed by atoms with Gasteiger partial charge in [0.05, 0.1) is 0 Å². The van der Waals surface area contributed by atoms with E-state index in [2.05, 4.69) is 0 Å². The van der Waals surface area contributed by atoms with E-state index in [1.807, 2.05) is 0 Å². The van der Waals surface area contributed by atoms with Crippen molar-refractivity contribution in [1.82, 2.24) is 0 Å². The van der Waals surface area contributed by atoms with Crippen LogP contribution in [0.1, 0.15) is 0 Å². The SMILES string of the molecule is [O-]CCO.[Rb+]. The standard InChI is InChI=1S/C2H5O2.Rb/c3-1-2-4;/h3H,1-2H2;/q-1;+1. The van der Waals surface area contributed by atoms with Gasteiger partial charge in [-0.3, -0.25) is 0 Å². The number of aliphatic hydroxyl groups excluding tert-OH is 1. The molecule has 0 aliphatic carbocycles. The molecular formula is C2H5O2Rb. The summed E-state index contributed by atoms with van der Waals surface area (Å²) in [5.74, 6) is 0. The fourth-order valence-corrected chi connectivity index (χ4v) is 0. The fourth-order valence-electron chi connectivity index (χ4n) is 0. The molecule has 0 spiro atoms. The number of rotatable bonds is 1. The van der Waals surface area contributed by atoms with E-state index in [1.165, 1.54) is 0 Å². The first-order chi connectivity index (χ1) is 1.91. The molecule has 26 valence electrons. The molecule has 0 atom stereocenters. The molecule has 2 nitrogen and oxygen atoms in total. The van der Waals surface area contributed by atoms with Crippen LogP contribution >= 0.6 is 0 Å². The normalized spacial score (nSPS) is 6.00. The average Bonchev–Trinajstić information content (AvgIpc) is 1.37. The summed E-state index contributed by atoms with van der Waals surface area (Å²) in [6.07, 6.45) is 0. The molecule has 0 bridgehead atoms. The van der Waals surface area contributed by atoms with E-state index in [1.54, 1.807) is 0 Å². The van der Waals surface area contributed by atoms with E-state index in [-0.39, 0.29) is 71.4 Å². The van der Waals surface area contributed by atoms with Crippen LogP contribution in [0.25, 0.3) is 0 Å². The monoisotopic (exact) mass is 146 g/mol. The van der Waals surface area contributed by atoms with Crippen LogP contribution in [0.15, 0.2) is 0 Å². The van der Waals surface area contributed by atoms with Gasteiger partial charge in [0, 0.05) is 6.61 Å². The number of aliphatic hydroxyl groups is 1. The summed E-state index contributed by atoms with van der Waals surface area (Å²) in [5, 5.41) is 16.6. The van der Waals surface area contributed by atoms with Gasteiger partial charge >= 0.3 is 58.2 Å². The van der Waals surface area contributed by atoms with Gasteiger partial charge in [-0.05, 0) is 0 Å². The van der Waals surface area contributed by atoms with Gasteiger partial charge in [-0.15, -0.1) is 6.61 Å². The van der Waals surface area contributed by atoms with Crippen LogP contribution < -0.4 is 63.3 Å². The quantitative estimate of drug-likeness (QED) is 0.404. The van der Waals surface area contributed by atoms with Crippen molar-refractivity contribution in [2.45, 2.75) is 0 Å². The third-order valence-electron chi connectivity index (χ3n) is 0.0913. The van der Waals surface area contributed by atoms with E-state index in [0.717, 1.165) is 0 Å². The second kappa shape index (κ2) is 9.21. The largest absolute Gasteiger partial charge is 1.00 e. The Morgan fingerprint density at radius 3 is 1.80 bits per heavy atom. The molecule has 0 amide bonds. The fraction of sp³-hybridized carbons (Fsp3) is 1.00. The number of hydrogen-bond donors (Lipinski definition) is 1. The van der Waals surface area contributed by atoms with Gasteiger partial charge in [-0.2, -0.15) is 0 Å². The summed E-state index contributed by atoms with van der Waals surface area (Å²) in [6.45, 7) is -0.611. The van der Waals surface area contributed by atoms with E-state index >= 15 is 0 Å². The molecule has 0 aromatic heterocycles. The van der Waals surface area contributed by atoms with Crippen molar-refractivity contribution >= 4 is 0 Å². The summed E-state index contributed by atoms with van der Waals surface area (Å²) >= 11 is 0. The minimum absolute atomic E-state index is 0. The van der Waals surface area contributed by atoms with E-state index in [0.29, 0.717) is 0 Å². The zero-order valence-electron chi connectivity index (χ0n) is 3.27. The predicted octanol–water partition coefficient (Wildman–Crippen LogP) is -4.66. The van der Waals surface area contributed by atoms with E-state index in [9.17, 15) is 0 Å². The second-order valence-electron chi connectivity index (χ2n) is 0.428. The molecule has 0 aliphatic rings. The molecule has 0 unspecified atom stereocenters. The maximum Gasteiger partial charge on any atom is 1.00 e. The summed E-state index contributed by atoms with van der Waals surface area (Å²) in [6, 6.07) is 0. The van der Waals surface area contributed by atoms with Gasteiger partial charge in [-0.1, -0.05) is 0 Å². The third kappa shape index (κ3) is 10.7. The van der Waals surface area contributed by atoms with E-state index in [4.69, 9.17) is 10.2 Å². The smallest absolute Gasteiger partial charge is 0.853 e. The predicted molar refractivity (Wildman–Crippen MR) is 12.0 cm³/mol. The van der Waals surface area contributed by atoms with Crippen LogP contribution in [-0.2, 0) is 0 Å². The first-order valence-corrected chi connectivity index (χ1v) is 1.10. The average molecular weight is 147 g/mol. The Morgan fingerprint density at radius 1 is 1.60 bits per heavy atom. The maximum absolute atomic E-state index is 9.05. The third-order valence-corrected chi connectivity index (χ3v) is 0.0913. The van der Waals surface area contributed by atoms with Gasteiger partial charge < -0.3 is 10.2 Å². The molecule has 0 aromatic carbocycles. The van der Waals surface area contributed by atoms with Gasteiger partial charge in [0.15, 0.2) is 0 Å². The number of hydrogen-bond acceptors (Lipinski definition) is 2. The first kappa shape index (κ1) is 9.87. The zero-order chi connectivity index (χ0) is 3.41. The molecule has 1 N–H and O–H groups in total. The molecule has 0 saturated carbocycles. The molecule has 3 heteroatoms. The van der Waals surface area contributed by atoms with Crippen LogP contribution in [0.4, 0.5) is 0 Å². The Hall–Kier alpha value is 1.73. The van der Waals surface area contributed by atoms with Crippen molar-refractivity contribution in [3.8, 4) is 0 Å². The Bertz CT molecular complexity index is 9.61.